The lowest BCUT2D eigenvalue weighted by Crippen LogP contribution is -2.68. The van der Waals surface area contributed by atoms with Gasteiger partial charge in [0.2, 0.25) is 11.8 Å². The summed E-state index contributed by atoms with van der Waals surface area (Å²) in [6, 6.07) is 3.28. The summed E-state index contributed by atoms with van der Waals surface area (Å²) in [5.74, 6) is 0.311. The summed E-state index contributed by atoms with van der Waals surface area (Å²) in [6.45, 7) is 5.02. The van der Waals surface area contributed by atoms with Crippen LogP contribution in [0.1, 0.15) is 47.2 Å². The molecule has 0 unspecified atom stereocenters. The van der Waals surface area contributed by atoms with Crippen LogP contribution in [0.25, 0.3) is 0 Å². The van der Waals surface area contributed by atoms with Crippen molar-refractivity contribution < 1.29 is 14.4 Å². The molecule has 4 rings (SSSR count). The summed E-state index contributed by atoms with van der Waals surface area (Å²) in [6.07, 6.45) is 3.55. The van der Waals surface area contributed by atoms with Crippen molar-refractivity contribution in [2.45, 2.75) is 51.6 Å². The van der Waals surface area contributed by atoms with Crippen molar-refractivity contribution in [2.75, 3.05) is 25.4 Å². The molecule has 0 spiro atoms. The van der Waals surface area contributed by atoms with Gasteiger partial charge in [0.1, 0.15) is 6.54 Å². The van der Waals surface area contributed by atoms with Crippen LogP contribution in [0.3, 0.4) is 0 Å². The SMILES string of the molecule is Cc1cc(N)c(C(=O)N2CC(=O)N[C@@H]3CN(C(=O)CC4CC4)CC[C@@H]32)cc1C. The van der Waals surface area contributed by atoms with Crippen LogP contribution in [-0.4, -0.2) is 59.2 Å². The van der Waals surface area contributed by atoms with Crippen molar-refractivity contribution in [2.24, 2.45) is 5.92 Å². The van der Waals surface area contributed by atoms with E-state index in [0.717, 1.165) is 24.0 Å². The van der Waals surface area contributed by atoms with Crippen molar-refractivity contribution in [1.29, 1.82) is 0 Å². The Morgan fingerprint density at radius 2 is 1.89 bits per heavy atom. The number of aryl methyl sites for hydroxylation is 2. The molecule has 1 aromatic rings. The Kier molecular flexibility index (Phi) is 4.77. The van der Waals surface area contributed by atoms with Gasteiger partial charge in [-0.05, 0) is 62.3 Å². The molecule has 0 bridgehead atoms. The topological polar surface area (TPSA) is 95.7 Å². The normalized spacial score (nSPS) is 24.6. The van der Waals surface area contributed by atoms with Gasteiger partial charge >= 0.3 is 0 Å². The highest BCUT2D eigenvalue weighted by molar-refractivity contribution is 6.01. The van der Waals surface area contributed by atoms with Gasteiger partial charge in [-0.2, -0.15) is 0 Å². The lowest BCUT2D eigenvalue weighted by Gasteiger charge is -2.47. The molecule has 1 aromatic carbocycles. The number of amides is 3. The van der Waals surface area contributed by atoms with Crippen LogP contribution in [0.4, 0.5) is 5.69 Å². The van der Waals surface area contributed by atoms with Gasteiger partial charge in [0.15, 0.2) is 0 Å². The van der Waals surface area contributed by atoms with Gasteiger partial charge in [0.25, 0.3) is 5.91 Å². The predicted molar refractivity (Wildman–Crippen MR) is 106 cm³/mol. The van der Waals surface area contributed by atoms with Gasteiger partial charge in [0.05, 0.1) is 17.6 Å². The average molecular weight is 384 g/mol. The van der Waals surface area contributed by atoms with E-state index in [1.807, 2.05) is 30.9 Å². The molecular weight excluding hydrogens is 356 g/mol. The van der Waals surface area contributed by atoms with Crippen molar-refractivity contribution in [3.63, 3.8) is 0 Å². The molecule has 3 amide bonds. The molecule has 3 aliphatic rings. The number of nitrogens with two attached hydrogens (primary N) is 1. The number of carbonyl (C=O) groups excluding carboxylic acids is 3. The number of nitrogen functional groups attached to an aromatic ring is 1. The molecule has 0 aromatic heterocycles. The van der Waals surface area contributed by atoms with E-state index in [1.165, 1.54) is 0 Å². The van der Waals surface area contributed by atoms with E-state index in [1.54, 1.807) is 4.90 Å². The molecule has 2 atom stereocenters. The molecule has 3 fully saturated rings. The second kappa shape index (κ2) is 7.11. The van der Waals surface area contributed by atoms with Crippen molar-refractivity contribution >= 4 is 23.4 Å². The first-order valence-corrected chi connectivity index (χ1v) is 10.1. The van der Waals surface area contributed by atoms with Crippen molar-refractivity contribution in [3.05, 3.63) is 28.8 Å². The number of benzene rings is 1. The van der Waals surface area contributed by atoms with E-state index in [2.05, 4.69) is 5.32 Å². The monoisotopic (exact) mass is 384 g/mol. The zero-order chi connectivity index (χ0) is 20.0. The first-order valence-electron chi connectivity index (χ1n) is 10.1. The molecule has 7 heteroatoms. The van der Waals surface area contributed by atoms with Crippen LogP contribution in [0.5, 0.6) is 0 Å². The maximum Gasteiger partial charge on any atom is 0.256 e. The summed E-state index contributed by atoms with van der Waals surface area (Å²) in [7, 11) is 0. The fraction of sp³-hybridized carbons (Fsp3) is 0.571. The lowest BCUT2D eigenvalue weighted by atomic mass is 9.93. The van der Waals surface area contributed by atoms with Crippen molar-refractivity contribution in [3.8, 4) is 0 Å². The van der Waals surface area contributed by atoms with Crippen LogP contribution < -0.4 is 11.1 Å². The predicted octanol–water partition coefficient (Wildman–Crippen LogP) is 1.23. The fourth-order valence-electron chi connectivity index (χ4n) is 4.30. The molecule has 1 aliphatic carbocycles. The number of fused-ring (bicyclic) bond motifs is 1. The Labute approximate surface area is 165 Å². The summed E-state index contributed by atoms with van der Waals surface area (Å²) >= 11 is 0. The van der Waals surface area contributed by atoms with E-state index in [-0.39, 0.29) is 36.3 Å². The zero-order valence-corrected chi connectivity index (χ0v) is 16.5. The fourth-order valence-corrected chi connectivity index (χ4v) is 4.30. The van der Waals surface area contributed by atoms with Gasteiger partial charge in [-0.15, -0.1) is 0 Å². The Morgan fingerprint density at radius 1 is 1.18 bits per heavy atom. The number of rotatable bonds is 3. The van der Waals surface area contributed by atoms with Gasteiger partial charge in [-0.3, -0.25) is 14.4 Å². The summed E-state index contributed by atoms with van der Waals surface area (Å²) in [5.41, 5.74) is 9.03. The Morgan fingerprint density at radius 3 is 2.61 bits per heavy atom. The highest BCUT2D eigenvalue weighted by atomic mass is 16.2. The Balaban J connectivity index is 1.52. The third-order valence-corrected chi connectivity index (χ3v) is 6.31. The first kappa shape index (κ1) is 18.8. The minimum atomic E-state index is -0.227. The maximum absolute atomic E-state index is 13.2. The Hall–Kier alpha value is -2.57. The summed E-state index contributed by atoms with van der Waals surface area (Å²) < 4.78 is 0. The van der Waals surface area contributed by atoms with Crippen LogP contribution in [0, 0.1) is 19.8 Å². The smallest absolute Gasteiger partial charge is 0.256 e. The quantitative estimate of drug-likeness (QED) is 0.766. The van der Waals surface area contributed by atoms with Crippen LogP contribution in [0.15, 0.2) is 12.1 Å². The Bertz CT molecular complexity index is 833. The number of carbonyl (C=O) groups is 3. The number of hydrogen-bond donors (Lipinski definition) is 2. The third-order valence-electron chi connectivity index (χ3n) is 6.31. The van der Waals surface area contributed by atoms with Gasteiger partial charge in [0, 0.05) is 25.2 Å². The highest BCUT2D eigenvalue weighted by Crippen LogP contribution is 2.33. The molecule has 28 heavy (non-hydrogen) atoms. The average Bonchev–Trinajstić information content (AvgIpc) is 3.46. The standard InChI is InChI=1S/C21H28N4O3/c1-12-7-15(16(22)8-13(12)2)21(28)25-11-19(26)23-17-10-24(6-5-18(17)25)20(27)9-14-3-4-14/h7-8,14,17-18H,3-6,9-11,22H2,1-2H3,(H,23,26)/t17-,18+/m1/s1. The molecular formula is C21H28N4O3. The van der Waals surface area contributed by atoms with E-state index in [0.29, 0.717) is 43.1 Å². The number of likely N-dealkylation sites (tertiary alicyclic amines) is 1. The first-order chi connectivity index (χ1) is 13.3. The number of nitrogens with one attached hydrogen (secondary N) is 1. The number of hydrogen-bond acceptors (Lipinski definition) is 4. The lowest BCUT2D eigenvalue weighted by molar-refractivity contribution is -0.137. The van der Waals surface area contributed by atoms with Crippen LogP contribution >= 0.6 is 0 Å². The number of anilines is 1. The largest absolute Gasteiger partial charge is 0.398 e. The minimum absolute atomic E-state index is 0.0301. The number of piperidine rings is 1. The molecule has 2 heterocycles. The van der Waals surface area contributed by atoms with Gasteiger partial charge in [-0.25, -0.2) is 0 Å². The number of nitrogens with zero attached hydrogens (tertiary/aromatic N) is 2. The minimum Gasteiger partial charge on any atom is -0.398 e. The van der Waals surface area contributed by atoms with Crippen LogP contribution in [0.2, 0.25) is 0 Å². The van der Waals surface area contributed by atoms with E-state index in [4.69, 9.17) is 5.73 Å². The molecule has 150 valence electrons. The third kappa shape index (κ3) is 3.57. The second-order valence-electron chi connectivity index (χ2n) is 8.47. The second-order valence-corrected chi connectivity index (χ2v) is 8.47. The van der Waals surface area contributed by atoms with E-state index >= 15 is 0 Å². The van der Waals surface area contributed by atoms with Gasteiger partial charge in [-0.1, -0.05) is 0 Å². The molecule has 2 aliphatic heterocycles. The molecule has 1 saturated carbocycles. The summed E-state index contributed by atoms with van der Waals surface area (Å²) in [4.78, 5) is 41.5. The number of piperazine rings is 1. The maximum atomic E-state index is 13.2. The molecule has 3 N–H and O–H groups in total. The highest BCUT2D eigenvalue weighted by Gasteiger charge is 2.42. The van der Waals surface area contributed by atoms with Gasteiger partial charge < -0.3 is 20.9 Å². The van der Waals surface area contributed by atoms with Crippen LogP contribution in [-0.2, 0) is 9.59 Å². The van der Waals surface area contributed by atoms with Crippen molar-refractivity contribution in [1.82, 2.24) is 15.1 Å². The molecule has 0 radical (unpaired) electrons. The molecule has 2 saturated heterocycles. The zero-order valence-electron chi connectivity index (χ0n) is 16.5. The van der Waals surface area contributed by atoms with E-state index < -0.39 is 0 Å². The summed E-state index contributed by atoms with van der Waals surface area (Å²) in [5, 5.41) is 2.99. The van der Waals surface area contributed by atoms with E-state index in [9.17, 15) is 14.4 Å². The molecule has 7 nitrogen and oxygen atoms in total.